The van der Waals surface area contributed by atoms with Crippen molar-refractivity contribution in [1.82, 2.24) is 9.88 Å². The number of halogens is 1. The molecule has 1 saturated heterocycles. The summed E-state index contributed by atoms with van der Waals surface area (Å²) in [5, 5.41) is 0. The number of carbonyl (C=O) groups excluding carboxylic acids is 1. The van der Waals surface area contributed by atoms with E-state index >= 15 is 0 Å². The van der Waals surface area contributed by atoms with E-state index in [2.05, 4.69) is 20.9 Å². The van der Waals surface area contributed by atoms with Crippen molar-refractivity contribution in [1.29, 1.82) is 0 Å². The van der Waals surface area contributed by atoms with Crippen molar-refractivity contribution in [3.63, 3.8) is 0 Å². The summed E-state index contributed by atoms with van der Waals surface area (Å²) in [6.45, 7) is 6.91. The van der Waals surface area contributed by atoms with Crippen molar-refractivity contribution < 1.29 is 9.53 Å². The number of rotatable bonds is 1. The quantitative estimate of drug-likeness (QED) is 0.851. The maximum atomic E-state index is 12.0. The zero-order valence-electron chi connectivity index (χ0n) is 12.0. The Kier molecular flexibility index (Phi) is 4.22. The summed E-state index contributed by atoms with van der Waals surface area (Å²) < 4.78 is 6.32. The van der Waals surface area contributed by atoms with Crippen LogP contribution in [-0.4, -0.2) is 34.7 Å². The highest BCUT2D eigenvalue weighted by Crippen LogP contribution is 2.32. The van der Waals surface area contributed by atoms with Crippen LogP contribution in [0.4, 0.5) is 10.6 Å². The van der Waals surface area contributed by atoms with E-state index < -0.39 is 5.60 Å². The molecule has 6 heteroatoms. The molecule has 1 atom stereocenters. The number of hydrogen-bond acceptors (Lipinski definition) is 4. The molecule has 1 fully saturated rings. The van der Waals surface area contributed by atoms with Crippen LogP contribution in [0.25, 0.3) is 0 Å². The minimum Gasteiger partial charge on any atom is -0.444 e. The molecule has 2 N–H and O–H groups in total. The minimum atomic E-state index is -0.467. The van der Waals surface area contributed by atoms with Gasteiger partial charge in [-0.25, -0.2) is 9.78 Å². The second-order valence-corrected chi connectivity index (χ2v) is 6.87. The molecule has 5 nitrogen and oxygen atoms in total. The van der Waals surface area contributed by atoms with Gasteiger partial charge in [0, 0.05) is 23.5 Å². The number of nitrogens with zero attached hydrogens (tertiary/aromatic N) is 2. The van der Waals surface area contributed by atoms with E-state index in [-0.39, 0.29) is 12.0 Å². The second kappa shape index (κ2) is 5.60. The third kappa shape index (κ3) is 3.62. The van der Waals surface area contributed by atoms with Gasteiger partial charge in [-0.1, -0.05) is 0 Å². The highest BCUT2D eigenvalue weighted by atomic mass is 79.9. The van der Waals surface area contributed by atoms with Crippen LogP contribution in [-0.2, 0) is 4.74 Å². The van der Waals surface area contributed by atoms with Gasteiger partial charge < -0.3 is 15.4 Å². The molecule has 1 aliphatic rings. The fourth-order valence-corrected chi connectivity index (χ4v) is 2.78. The summed E-state index contributed by atoms with van der Waals surface area (Å²) in [6.07, 6.45) is 0.605. The van der Waals surface area contributed by atoms with E-state index in [4.69, 9.17) is 10.5 Å². The van der Waals surface area contributed by atoms with Gasteiger partial charge in [0.2, 0.25) is 0 Å². The van der Waals surface area contributed by atoms with Crippen LogP contribution >= 0.6 is 15.9 Å². The molecule has 0 radical (unpaired) electrons. The Hall–Kier alpha value is -1.30. The lowest BCUT2D eigenvalue weighted by molar-refractivity contribution is 0.0292. The second-order valence-electron chi connectivity index (χ2n) is 6.02. The number of carbonyl (C=O) groups is 1. The molecule has 1 aliphatic heterocycles. The fraction of sp³-hybridized carbons (Fsp3) is 0.571. The number of anilines is 1. The van der Waals surface area contributed by atoms with E-state index in [9.17, 15) is 4.79 Å². The van der Waals surface area contributed by atoms with Gasteiger partial charge in [-0.15, -0.1) is 0 Å². The van der Waals surface area contributed by atoms with Crippen LogP contribution in [0.15, 0.2) is 16.6 Å². The Morgan fingerprint density at radius 1 is 1.50 bits per heavy atom. The van der Waals surface area contributed by atoms with Crippen LogP contribution in [0.2, 0.25) is 0 Å². The summed E-state index contributed by atoms with van der Waals surface area (Å²) >= 11 is 3.49. The minimum absolute atomic E-state index is 0.195. The molecular formula is C14H20BrN3O2. The van der Waals surface area contributed by atoms with Crippen molar-refractivity contribution in [2.24, 2.45) is 0 Å². The van der Waals surface area contributed by atoms with Crippen LogP contribution in [0.3, 0.4) is 0 Å². The monoisotopic (exact) mass is 341 g/mol. The number of pyridine rings is 1. The first-order chi connectivity index (χ1) is 9.26. The molecule has 0 aliphatic carbocycles. The number of nitrogen functional groups attached to an aromatic ring is 1. The fourth-order valence-electron chi connectivity index (χ4n) is 2.24. The molecule has 110 valence electrons. The topological polar surface area (TPSA) is 68.5 Å². The molecule has 0 bridgehead atoms. The van der Waals surface area contributed by atoms with Crippen molar-refractivity contribution in [3.8, 4) is 0 Å². The molecule has 20 heavy (non-hydrogen) atoms. The molecule has 1 unspecified atom stereocenters. The Bertz CT molecular complexity index is 514. The van der Waals surface area contributed by atoms with Crippen LogP contribution < -0.4 is 5.73 Å². The third-order valence-electron chi connectivity index (χ3n) is 3.12. The molecular weight excluding hydrogens is 322 g/mol. The van der Waals surface area contributed by atoms with E-state index in [0.29, 0.717) is 18.9 Å². The average molecular weight is 342 g/mol. The van der Waals surface area contributed by atoms with Crippen molar-refractivity contribution in [2.45, 2.75) is 38.7 Å². The highest BCUT2D eigenvalue weighted by Gasteiger charge is 2.32. The summed E-state index contributed by atoms with van der Waals surface area (Å²) in [4.78, 5) is 18.1. The van der Waals surface area contributed by atoms with Gasteiger partial charge in [-0.3, -0.25) is 0 Å². The predicted molar refractivity (Wildman–Crippen MR) is 81.5 cm³/mol. The van der Waals surface area contributed by atoms with Crippen LogP contribution in [0.1, 0.15) is 38.8 Å². The molecule has 1 aromatic rings. The lowest BCUT2D eigenvalue weighted by atomic mass is 10.0. The molecule has 2 rings (SSSR count). The first kappa shape index (κ1) is 15.1. The molecule has 1 amide bonds. The first-order valence-electron chi connectivity index (χ1n) is 6.66. The Labute approximate surface area is 127 Å². The van der Waals surface area contributed by atoms with E-state index in [1.54, 1.807) is 11.0 Å². The normalized spacial score (nSPS) is 19.2. The van der Waals surface area contributed by atoms with Gasteiger partial charge in [-0.2, -0.15) is 0 Å². The Morgan fingerprint density at radius 3 is 2.85 bits per heavy atom. The summed E-state index contributed by atoms with van der Waals surface area (Å²) in [5.74, 6) is 0.694. The van der Waals surface area contributed by atoms with Gasteiger partial charge in [-0.05, 0) is 55.3 Å². The number of hydrogen-bond donors (Lipinski definition) is 1. The van der Waals surface area contributed by atoms with Crippen LogP contribution in [0, 0.1) is 0 Å². The number of ether oxygens (including phenoxy) is 1. The molecule has 0 saturated carbocycles. The number of amides is 1. The lowest BCUT2D eigenvalue weighted by Gasteiger charge is -2.24. The largest absolute Gasteiger partial charge is 0.444 e. The van der Waals surface area contributed by atoms with Gasteiger partial charge >= 0.3 is 6.09 Å². The molecule has 0 spiro atoms. The van der Waals surface area contributed by atoms with Gasteiger partial charge in [0.15, 0.2) is 0 Å². The number of nitrogens with two attached hydrogens (primary N) is 1. The SMILES string of the molecule is CC(C)(C)OC(=O)N1CCC(c2nc(N)ccc2Br)C1. The lowest BCUT2D eigenvalue weighted by Crippen LogP contribution is -2.35. The molecule has 0 aromatic carbocycles. The maximum Gasteiger partial charge on any atom is 0.410 e. The van der Waals surface area contributed by atoms with Gasteiger partial charge in [0.1, 0.15) is 11.4 Å². The zero-order chi connectivity index (χ0) is 14.9. The number of aromatic nitrogens is 1. The average Bonchev–Trinajstić information content (AvgIpc) is 2.79. The molecule has 2 heterocycles. The standard InChI is InChI=1S/C14H20BrN3O2/c1-14(2,3)20-13(19)18-7-6-9(8-18)12-10(15)4-5-11(16)17-12/h4-5,9H,6-8H2,1-3H3,(H2,16,17). The summed E-state index contributed by atoms with van der Waals surface area (Å²) in [5.41, 5.74) is 6.18. The van der Waals surface area contributed by atoms with Crippen molar-refractivity contribution in [2.75, 3.05) is 18.8 Å². The van der Waals surface area contributed by atoms with E-state index in [0.717, 1.165) is 16.6 Å². The van der Waals surface area contributed by atoms with Gasteiger partial charge in [0.25, 0.3) is 0 Å². The van der Waals surface area contributed by atoms with Crippen LogP contribution in [0.5, 0.6) is 0 Å². The number of likely N-dealkylation sites (tertiary alicyclic amines) is 1. The van der Waals surface area contributed by atoms with E-state index in [1.807, 2.05) is 26.8 Å². The van der Waals surface area contributed by atoms with Crippen molar-refractivity contribution in [3.05, 3.63) is 22.3 Å². The predicted octanol–water partition coefficient (Wildman–Crippen LogP) is 3.15. The van der Waals surface area contributed by atoms with E-state index in [1.165, 1.54) is 0 Å². The first-order valence-corrected chi connectivity index (χ1v) is 7.45. The zero-order valence-corrected chi connectivity index (χ0v) is 13.6. The Morgan fingerprint density at radius 2 is 2.20 bits per heavy atom. The summed E-state index contributed by atoms with van der Waals surface area (Å²) in [7, 11) is 0. The third-order valence-corrected chi connectivity index (χ3v) is 3.79. The highest BCUT2D eigenvalue weighted by molar-refractivity contribution is 9.10. The van der Waals surface area contributed by atoms with Crippen molar-refractivity contribution >= 4 is 27.8 Å². The molecule has 1 aromatic heterocycles. The smallest absolute Gasteiger partial charge is 0.410 e. The summed E-state index contributed by atoms with van der Waals surface area (Å²) in [6, 6.07) is 3.65. The van der Waals surface area contributed by atoms with Gasteiger partial charge in [0.05, 0.1) is 5.69 Å². The maximum absolute atomic E-state index is 12.0. The Balaban J connectivity index is 2.05.